The Morgan fingerprint density at radius 2 is 1.67 bits per heavy atom. The number of piperidine rings is 1. The quantitative estimate of drug-likeness (QED) is 0.555. The smallest absolute Gasteiger partial charge is 0.253 e. The molecule has 1 unspecified atom stereocenters. The number of ether oxygens (including phenoxy) is 1. The van der Waals surface area contributed by atoms with E-state index in [2.05, 4.69) is 46.0 Å². The number of anilines is 2. The van der Waals surface area contributed by atoms with Crippen LogP contribution in [0.4, 0.5) is 11.6 Å². The lowest BCUT2D eigenvalue weighted by Crippen LogP contribution is -2.49. The summed E-state index contributed by atoms with van der Waals surface area (Å²) in [5, 5.41) is 9.01. The van der Waals surface area contributed by atoms with Gasteiger partial charge in [0.15, 0.2) is 11.6 Å². The highest BCUT2D eigenvalue weighted by molar-refractivity contribution is 5.94. The number of carbonyl (C=O) groups excluding carboxylic acids is 1. The van der Waals surface area contributed by atoms with E-state index < -0.39 is 0 Å². The number of nitrogens with zero attached hydrogens (tertiary/aromatic N) is 5. The van der Waals surface area contributed by atoms with Crippen molar-refractivity contribution in [2.75, 3.05) is 49.1 Å². The van der Waals surface area contributed by atoms with Crippen molar-refractivity contribution in [1.82, 2.24) is 15.1 Å². The van der Waals surface area contributed by atoms with Gasteiger partial charge in [0.25, 0.3) is 5.91 Å². The third-order valence-electron chi connectivity index (χ3n) is 6.74. The Morgan fingerprint density at radius 3 is 2.33 bits per heavy atom. The van der Waals surface area contributed by atoms with Gasteiger partial charge in [-0.1, -0.05) is 19.8 Å². The lowest BCUT2D eigenvalue weighted by Gasteiger charge is -2.36. The Morgan fingerprint density at radius 1 is 0.939 bits per heavy atom. The molecule has 178 valence electrons. The molecule has 1 atom stereocenters. The molecule has 2 aliphatic rings. The van der Waals surface area contributed by atoms with Gasteiger partial charge in [0, 0.05) is 44.3 Å². The van der Waals surface area contributed by atoms with Gasteiger partial charge in [0.1, 0.15) is 5.75 Å². The lowest BCUT2D eigenvalue weighted by atomic mass is 10.0. The topological polar surface area (TPSA) is 61.8 Å². The van der Waals surface area contributed by atoms with Crippen molar-refractivity contribution < 1.29 is 9.53 Å². The molecule has 0 spiro atoms. The van der Waals surface area contributed by atoms with Gasteiger partial charge in [0.05, 0.1) is 6.61 Å². The summed E-state index contributed by atoms with van der Waals surface area (Å²) in [6, 6.07) is 12.2. The number of rotatable bonds is 8. The average molecular weight is 452 g/mol. The molecule has 2 fully saturated rings. The molecule has 3 heterocycles. The van der Waals surface area contributed by atoms with Crippen LogP contribution in [0.1, 0.15) is 62.7 Å². The van der Waals surface area contributed by atoms with Gasteiger partial charge in [-0.25, -0.2) is 0 Å². The van der Waals surface area contributed by atoms with Crippen LogP contribution in [0.5, 0.6) is 5.75 Å². The first-order chi connectivity index (χ1) is 16.2. The van der Waals surface area contributed by atoms with E-state index >= 15 is 0 Å². The predicted molar refractivity (Wildman–Crippen MR) is 132 cm³/mol. The van der Waals surface area contributed by atoms with Gasteiger partial charge in [-0.05, 0) is 69.0 Å². The van der Waals surface area contributed by atoms with Crippen LogP contribution in [0, 0.1) is 0 Å². The predicted octanol–water partition coefficient (Wildman–Crippen LogP) is 4.39. The summed E-state index contributed by atoms with van der Waals surface area (Å²) in [6.45, 7) is 9.11. The van der Waals surface area contributed by atoms with E-state index in [1.807, 2.05) is 29.2 Å². The zero-order valence-electron chi connectivity index (χ0n) is 20.1. The van der Waals surface area contributed by atoms with Crippen LogP contribution in [0.2, 0.25) is 0 Å². The lowest BCUT2D eigenvalue weighted by molar-refractivity contribution is 0.0746. The monoisotopic (exact) mass is 451 g/mol. The number of hydrogen-bond donors (Lipinski definition) is 0. The maximum atomic E-state index is 12.9. The third-order valence-corrected chi connectivity index (χ3v) is 6.74. The highest BCUT2D eigenvalue weighted by Gasteiger charge is 2.24. The van der Waals surface area contributed by atoms with E-state index in [0.29, 0.717) is 24.7 Å². The van der Waals surface area contributed by atoms with Gasteiger partial charge in [-0.3, -0.25) is 4.79 Å². The first-order valence-corrected chi connectivity index (χ1v) is 12.5. The molecular formula is C26H37N5O2. The number of aromatic nitrogens is 2. The Labute approximate surface area is 197 Å². The summed E-state index contributed by atoms with van der Waals surface area (Å²) in [5.74, 6) is 2.76. The summed E-state index contributed by atoms with van der Waals surface area (Å²) < 4.78 is 5.76. The Hall–Kier alpha value is -2.83. The van der Waals surface area contributed by atoms with E-state index in [4.69, 9.17) is 4.74 Å². The first-order valence-electron chi connectivity index (χ1n) is 12.5. The van der Waals surface area contributed by atoms with Crippen LogP contribution in [0.3, 0.4) is 0 Å². The summed E-state index contributed by atoms with van der Waals surface area (Å²) in [7, 11) is 0. The maximum absolute atomic E-state index is 12.9. The van der Waals surface area contributed by atoms with E-state index in [1.54, 1.807) is 0 Å². The molecule has 2 saturated heterocycles. The molecule has 1 aromatic carbocycles. The van der Waals surface area contributed by atoms with Gasteiger partial charge in [-0.2, -0.15) is 0 Å². The second-order valence-electron chi connectivity index (χ2n) is 9.15. The van der Waals surface area contributed by atoms with Crippen molar-refractivity contribution >= 4 is 17.5 Å². The minimum absolute atomic E-state index is 0.0766. The Balaban J connectivity index is 1.27. The van der Waals surface area contributed by atoms with Crippen molar-refractivity contribution in [2.24, 2.45) is 0 Å². The Bertz CT molecular complexity index is 879. The average Bonchev–Trinajstić information content (AvgIpc) is 2.87. The third kappa shape index (κ3) is 5.95. The number of benzene rings is 1. The van der Waals surface area contributed by atoms with E-state index in [1.165, 1.54) is 32.1 Å². The molecular weight excluding hydrogens is 414 g/mol. The molecule has 33 heavy (non-hydrogen) atoms. The van der Waals surface area contributed by atoms with Crippen molar-refractivity contribution in [3.05, 3.63) is 42.0 Å². The van der Waals surface area contributed by atoms with Crippen molar-refractivity contribution in [3.8, 4) is 5.75 Å². The van der Waals surface area contributed by atoms with Crippen LogP contribution < -0.4 is 14.5 Å². The number of carbonyl (C=O) groups is 1. The minimum atomic E-state index is 0.0766. The van der Waals surface area contributed by atoms with Gasteiger partial charge < -0.3 is 19.4 Å². The molecule has 1 amide bonds. The molecule has 0 N–H and O–H groups in total. The molecule has 2 aromatic rings. The number of hydrogen-bond acceptors (Lipinski definition) is 6. The molecule has 4 rings (SSSR count). The van der Waals surface area contributed by atoms with Gasteiger partial charge >= 0.3 is 0 Å². The van der Waals surface area contributed by atoms with Crippen LogP contribution in [0.15, 0.2) is 36.4 Å². The van der Waals surface area contributed by atoms with Crippen molar-refractivity contribution in [1.29, 1.82) is 0 Å². The highest BCUT2D eigenvalue weighted by Crippen LogP contribution is 2.24. The van der Waals surface area contributed by atoms with Crippen LogP contribution >= 0.6 is 0 Å². The molecule has 0 aliphatic carbocycles. The van der Waals surface area contributed by atoms with E-state index in [0.717, 1.165) is 50.0 Å². The molecule has 1 aromatic heterocycles. The molecule has 0 saturated carbocycles. The SMILES string of the molecule is CCCCCOc1ccc(C(=O)N2CCN(c3ccc(N4CCCCC4C)nn3)CC2)cc1. The van der Waals surface area contributed by atoms with Crippen molar-refractivity contribution in [3.63, 3.8) is 0 Å². The largest absolute Gasteiger partial charge is 0.494 e. The standard InChI is InChI=1S/C26H37N5O2/c1-3-4-7-20-33-23-11-9-22(10-12-23)26(32)30-18-16-29(17-19-30)24-13-14-25(28-27-24)31-15-6-5-8-21(31)2/h9-14,21H,3-8,15-20H2,1-2H3. The van der Waals surface area contributed by atoms with Crippen LogP contribution in [-0.2, 0) is 0 Å². The fraction of sp³-hybridized carbons (Fsp3) is 0.577. The fourth-order valence-corrected chi connectivity index (χ4v) is 4.64. The molecule has 0 radical (unpaired) electrons. The van der Waals surface area contributed by atoms with Gasteiger partial charge in [0.2, 0.25) is 0 Å². The maximum Gasteiger partial charge on any atom is 0.253 e. The summed E-state index contributed by atoms with van der Waals surface area (Å²) >= 11 is 0. The first kappa shape index (κ1) is 23.3. The van der Waals surface area contributed by atoms with E-state index in [-0.39, 0.29) is 5.91 Å². The highest BCUT2D eigenvalue weighted by atomic mass is 16.5. The summed E-state index contributed by atoms with van der Waals surface area (Å²) in [5.41, 5.74) is 0.712. The number of amides is 1. The zero-order valence-corrected chi connectivity index (χ0v) is 20.1. The minimum Gasteiger partial charge on any atom is -0.494 e. The normalized spacial score (nSPS) is 19.0. The number of unbranched alkanes of at least 4 members (excludes halogenated alkanes) is 2. The number of piperazine rings is 1. The molecule has 0 bridgehead atoms. The second-order valence-corrected chi connectivity index (χ2v) is 9.15. The molecule has 7 nitrogen and oxygen atoms in total. The van der Waals surface area contributed by atoms with Crippen molar-refractivity contribution in [2.45, 2.75) is 58.4 Å². The van der Waals surface area contributed by atoms with E-state index in [9.17, 15) is 4.79 Å². The summed E-state index contributed by atoms with van der Waals surface area (Å²) in [6.07, 6.45) is 7.15. The molecule has 2 aliphatic heterocycles. The van der Waals surface area contributed by atoms with Crippen LogP contribution in [0.25, 0.3) is 0 Å². The molecule has 7 heteroatoms. The fourth-order valence-electron chi connectivity index (χ4n) is 4.64. The Kier molecular flexibility index (Phi) is 8.02. The second kappa shape index (κ2) is 11.3. The zero-order chi connectivity index (χ0) is 23.0. The van der Waals surface area contributed by atoms with Gasteiger partial charge in [-0.15, -0.1) is 10.2 Å². The van der Waals surface area contributed by atoms with Crippen LogP contribution in [-0.4, -0.2) is 66.4 Å². The summed E-state index contributed by atoms with van der Waals surface area (Å²) in [4.78, 5) is 19.4.